The molecule has 1 aliphatic heterocycles. The first-order chi connectivity index (χ1) is 16.5. The summed E-state index contributed by atoms with van der Waals surface area (Å²) in [6.45, 7) is 5.45. The third kappa shape index (κ3) is 5.44. The van der Waals surface area contributed by atoms with Crippen LogP contribution in [0.2, 0.25) is 0 Å². The highest BCUT2D eigenvalue weighted by atomic mass is 16.5. The van der Waals surface area contributed by atoms with Crippen molar-refractivity contribution >= 4 is 11.8 Å². The Morgan fingerprint density at radius 3 is 2.68 bits per heavy atom. The molecule has 0 saturated heterocycles. The number of nitrogens with one attached hydrogen (secondary N) is 1. The molecule has 1 heterocycles. The number of aryl methyl sites for hydroxylation is 1. The van der Waals surface area contributed by atoms with E-state index in [2.05, 4.69) is 47.5 Å². The largest absolute Gasteiger partial charge is 0.481 e. The van der Waals surface area contributed by atoms with E-state index in [0.29, 0.717) is 18.9 Å². The maximum Gasteiger partial charge on any atom is 0.260 e. The Morgan fingerprint density at radius 2 is 1.94 bits per heavy atom. The van der Waals surface area contributed by atoms with E-state index in [1.807, 2.05) is 12.1 Å². The summed E-state index contributed by atoms with van der Waals surface area (Å²) in [5, 5.41) is 2.82. The molecule has 0 radical (unpaired) electrons. The van der Waals surface area contributed by atoms with Gasteiger partial charge in [0.2, 0.25) is 5.91 Å². The number of ether oxygens (including phenoxy) is 2. The summed E-state index contributed by atoms with van der Waals surface area (Å²) in [7, 11) is 1.60. The molecule has 6 heteroatoms. The third-order valence-corrected chi connectivity index (χ3v) is 6.98. The molecule has 2 aromatic carbocycles. The van der Waals surface area contributed by atoms with Gasteiger partial charge in [-0.15, -0.1) is 0 Å². The molecule has 6 nitrogen and oxygen atoms in total. The first-order valence-electron chi connectivity index (χ1n) is 12.4. The second kappa shape index (κ2) is 11.0. The predicted octanol–water partition coefficient (Wildman–Crippen LogP) is 4.19. The number of fused-ring (bicyclic) bond motifs is 1. The Hall–Kier alpha value is -2.86. The average Bonchev–Trinajstić information content (AvgIpc) is 3.38. The maximum absolute atomic E-state index is 13.6. The van der Waals surface area contributed by atoms with Gasteiger partial charge in [0.05, 0.1) is 12.6 Å². The molecule has 2 aliphatic rings. The molecule has 2 atom stereocenters. The van der Waals surface area contributed by atoms with Crippen molar-refractivity contribution in [2.75, 3.05) is 26.8 Å². The smallest absolute Gasteiger partial charge is 0.260 e. The third-order valence-electron chi connectivity index (χ3n) is 6.98. The average molecular weight is 465 g/mol. The van der Waals surface area contributed by atoms with Crippen LogP contribution >= 0.6 is 0 Å². The summed E-state index contributed by atoms with van der Waals surface area (Å²) >= 11 is 0. The van der Waals surface area contributed by atoms with Gasteiger partial charge in [-0.2, -0.15) is 0 Å². The van der Waals surface area contributed by atoms with Crippen LogP contribution in [0.15, 0.2) is 42.5 Å². The van der Waals surface area contributed by atoms with Crippen LogP contribution in [-0.2, 0) is 20.7 Å². The minimum atomic E-state index is -0.632. The highest BCUT2D eigenvalue weighted by Crippen LogP contribution is 2.40. The van der Waals surface area contributed by atoms with Gasteiger partial charge in [0, 0.05) is 26.1 Å². The van der Waals surface area contributed by atoms with E-state index < -0.39 is 6.10 Å². The summed E-state index contributed by atoms with van der Waals surface area (Å²) in [6, 6.07) is 14.3. The first kappa shape index (κ1) is 24.3. The number of hydrogen-bond donors (Lipinski definition) is 1. The van der Waals surface area contributed by atoms with E-state index in [0.717, 1.165) is 49.8 Å². The molecule has 34 heavy (non-hydrogen) atoms. The highest BCUT2D eigenvalue weighted by Gasteiger charge is 2.36. The summed E-state index contributed by atoms with van der Waals surface area (Å²) in [6.07, 6.45) is 4.44. The van der Waals surface area contributed by atoms with Gasteiger partial charge in [-0.1, -0.05) is 48.7 Å². The molecular weight excluding hydrogens is 428 g/mol. The van der Waals surface area contributed by atoms with Crippen LogP contribution in [0.4, 0.5) is 0 Å². The van der Waals surface area contributed by atoms with Crippen molar-refractivity contribution in [3.63, 3.8) is 0 Å². The van der Waals surface area contributed by atoms with Gasteiger partial charge in [0.1, 0.15) is 5.75 Å². The summed E-state index contributed by atoms with van der Waals surface area (Å²) in [5.74, 6) is 0.861. The number of rotatable bonds is 8. The molecule has 2 aromatic rings. The van der Waals surface area contributed by atoms with Gasteiger partial charge < -0.3 is 19.7 Å². The quantitative estimate of drug-likeness (QED) is 0.595. The highest BCUT2D eigenvalue weighted by molar-refractivity contribution is 5.81. The van der Waals surface area contributed by atoms with Gasteiger partial charge in [0.15, 0.2) is 6.10 Å². The molecule has 1 saturated carbocycles. The Morgan fingerprint density at radius 1 is 1.15 bits per heavy atom. The molecule has 2 unspecified atom stereocenters. The standard InChI is InChI=1S/C28H36N2O4/c1-19-7-6-10-23(17-19)26-25-18-24(34-20(2)27(31)29-14-16-33-3)12-11-21(25)13-15-30(26)28(32)22-8-4-5-9-22/h6-7,10-12,17-18,20,22,26H,4-5,8-9,13-16H2,1-3H3,(H,29,31). The van der Waals surface area contributed by atoms with Crippen LogP contribution in [0.25, 0.3) is 0 Å². The molecule has 182 valence electrons. The van der Waals surface area contributed by atoms with Crippen molar-refractivity contribution in [1.29, 1.82) is 0 Å². The van der Waals surface area contributed by atoms with Crippen LogP contribution < -0.4 is 10.1 Å². The lowest BCUT2D eigenvalue weighted by atomic mass is 9.86. The molecule has 0 aromatic heterocycles. The maximum atomic E-state index is 13.6. The van der Waals surface area contributed by atoms with Crippen molar-refractivity contribution in [3.8, 4) is 5.75 Å². The minimum absolute atomic E-state index is 0.129. The zero-order chi connectivity index (χ0) is 24.1. The topological polar surface area (TPSA) is 67.9 Å². The predicted molar refractivity (Wildman–Crippen MR) is 132 cm³/mol. The lowest BCUT2D eigenvalue weighted by molar-refractivity contribution is -0.137. The second-order valence-corrected chi connectivity index (χ2v) is 9.48. The van der Waals surface area contributed by atoms with E-state index in [4.69, 9.17) is 9.47 Å². The van der Waals surface area contributed by atoms with Crippen LogP contribution in [0.5, 0.6) is 5.75 Å². The van der Waals surface area contributed by atoms with E-state index in [1.165, 1.54) is 11.1 Å². The van der Waals surface area contributed by atoms with Gasteiger partial charge in [-0.05, 0) is 61.9 Å². The molecule has 1 fully saturated rings. The number of nitrogens with zero attached hydrogens (tertiary/aromatic N) is 1. The molecule has 2 amide bonds. The fourth-order valence-corrected chi connectivity index (χ4v) is 5.19. The summed E-state index contributed by atoms with van der Waals surface area (Å²) in [4.78, 5) is 28.0. The zero-order valence-corrected chi connectivity index (χ0v) is 20.5. The monoisotopic (exact) mass is 464 g/mol. The number of carbonyl (C=O) groups excluding carboxylic acids is 2. The molecule has 1 aliphatic carbocycles. The lowest BCUT2D eigenvalue weighted by Crippen LogP contribution is -2.43. The number of hydrogen-bond acceptors (Lipinski definition) is 4. The van der Waals surface area contributed by atoms with Crippen LogP contribution in [0.3, 0.4) is 0 Å². The number of carbonyl (C=O) groups is 2. The second-order valence-electron chi connectivity index (χ2n) is 9.48. The normalized spacial score (nSPS) is 18.9. The van der Waals surface area contributed by atoms with Gasteiger partial charge in [0.25, 0.3) is 5.91 Å². The van der Waals surface area contributed by atoms with Crippen molar-refractivity contribution in [1.82, 2.24) is 10.2 Å². The molecule has 1 N–H and O–H groups in total. The summed E-state index contributed by atoms with van der Waals surface area (Å²) in [5.41, 5.74) is 4.61. The fourth-order valence-electron chi connectivity index (χ4n) is 5.19. The van der Waals surface area contributed by atoms with Crippen LogP contribution in [0, 0.1) is 12.8 Å². The Labute approximate surface area is 202 Å². The lowest BCUT2D eigenvalue weighted by Gasteiger charge is -2.39. The number of benzene rings is 2. The van der Waals surface area contributed by atoms with Crippen molar-refractivity contribution < 1.29 is 19.1 Å². The van der Waals surface area contributed by atoms with Gasteiger partial charge in [-0.25, -0.2) is 0 Å². The van der Waals surface area contributed by atoms with E-state index in [-0.39, 0.29) is 23.8 Å². The van der Waals surface area contributed by atoms with Crippen molar-refractivity contribution in [3.05, 3.63) is 64.7 Å². The molecule has 0 spiro atoms. The zero-order valence-electron chi connectivity index (χ0n) is 20.5. The Kier molecular flexibility index (Phi) is 7.88. The number of methoxy groups -OCH3 is 1. The van der Waals surface area contributed by atoms with E-state index in [9.17, 15) is 9.59 Å². The molecular formula is C28H36N2O4. The van der Waals surface area contributed by atoms with Gasteiger partial charge >= 0.3 is 0 Å². The molecule has 0 bridgehead atoms. The van der Waals surface area contributed by atoms with Crippen molar-refractivity contribution in [2.45, 2.75) is 58.1 Å². The first-order valence-corrected chi connectivity index (χ1v) is 12.4. The number of amides is 2. The van der Waals surface area contributed by atoms with E-state index >= 15 is 0 Å². The molecule has 4 rings (SSSR count). The minimum Gasteiger partial charge on any atom is -0.481 e. The Bertz CT molecular complexity index is 1020. The Balaban J connectivity index is 1.62. The fraction of sp³-hybridized carbons (Fsp3) is 0.500. The van der Waals surface area contributed by atoms with Crippen LogP contribution in [-0.4, -0.2) is 49.6 Å². The van der Waals surface area contributed by atoms with E-state index in [1.54, 1.807) is 14.0 Å². The summed E-state index contributed by atoms with van der Waals surface area (Å²) < 4.78 is 11.0. The van der Waals surface area contributed by atoms with Crippen LogP contribution in [0.1, 0.15) is 60.9 Å². The van der Waals surface area contributed by atoms with Gasteiger partial charge in [-0.3, -0.25) is 9.59 Å². The van der Waals surface area contributed by atoms with Crippen molar-refractivity contribution in [2.24, 2.45) is 5.92 Å². The SMILES string of the molecule is COCCNC(=O)C(C)Oc1ccc2c(c1)C(c1cccc(C)c1)N(C(=O)C1CCCC1)CC2.